The summed E-state index contributed by atoms with van der Waals surface area (Å²) in [6, 6.07) is 15.3. The predicted octanol–water partition coefficient (Wildman–Crippen LogP) is 8.99. The van der Waals surface area contributed by atoms with Gasteiger partial charge in [0.1, 0.15) is 5.84 Å². The fourth-order valence-electron chi connectivity index (χ4n) is 7.99. The molecule has 1 unspecified atom stereocenters. The summed E-state index contributed by atoms with van der Waals surface area (Å²) >= 11 is 4.64. The highest BCUT2D eigenvalue weighted by Gasteiger charge is 2.49. The van der Waals surface area contributed by atoms with Crippen molar-refractivity contribution >= 4 is 35.1 Å². The quantitative estimate of drug-likeness (QED) is 0.199. The van der Waals surface area contributed by atoms with Gasteiger partial charge in [0.25, 0.3) is 0 Å². The zero-order valence-corrected chi connectivity index (χ0v) is 27.0. The maximum atomic E-state index is 12.1. The van der Waals surface area contributed by atoms with Crippen molar-refractivity contribution in [1.82, 2.24) is 4.90 Å². The lowest BCUT2D eigenvalue weighted by atomic mass is 9.69. The molecule has 0 radical (unpaired) electrons. The lowest BCUT2D eigenvalue weighted by molar-refractivity contribution is 0.112. The standard InChI is InChI=1S/C34H41N3O.C2H6.CH3Cl/c1-3-25-11-13-26(14-12-25)22-36-20-17-28(23-36)27-15-16-30-32(21-27)37(31-10-6-5-9-29(31)24-38)33(35-2)34(30)18-7-4-8-19-34;2*1-2/h1,5-6,9-10,15-16,21,24-26,28H,4,7-8,11-14,17-20,22-23H2,2H3;1-2H3;1H3. The largest absolute Gasteiger partial charge is 0.302 e. The van der Waals surface area contributed by atoms with Crippen LogP contribution in [0.4, 0.5) is 11.4 Å². The molecule has 0 bridgehead atoms. The zero-order chi connectivity index (χ0) is 30.1. The first-order chi connectivity index (χ1) is 20.7. The number of nitrogens with zero attached hydrogens (tertiary/aromatic N) is 3. The van der Waals surface area contributed by atoms with E-state index >= 15 is 0 Å². The fourth-order valence-corrected chi connectivity index (χ4v) is 7.99. The number of rotatable bonds is 5. The van der Waals surface area contributed by atoms with Crippen molar-refractivity contribution in [2.45, 2.75) is 89.4 Å². The molecule has 4 nitrogen and oxygen atoms in total. The normalized spacial score (nSPS) is 25.6. The van der Waals surface area contributed by atoms with Crippen LogP contribution in [0.3, 0.4) is 0 Å². The Balaban J connectivity index is 0.000000972. The van der Waals surface area contributed by atoms with Gasteiger partial charge in [0.15, 0.2) is 6.29 Å². The molecule has 1 atom stereocenters. The Hall–Kier alpha value is -2.61. The van der Waals surface area contributed by atoms with Crippen LogP contribution >= 0.6 is 11.6 Å². The third kappa shape index (κ3) is 6.34. The molecule has 1 saturated heterocycles. The number of carbonyl (C=O) groups excluding carboxylic acids is 1. The molecule has 1 spiro atoms. The van der Waals surface area contributed by atoms with Crippen LogP contribution in [-0.4, -0.2) is 50.1 Å². The van der Waals surface area contributed by atoms with Gasteiger partial charge in [-0.25, -0.2) is 0 Å². The number of carbonyl (C=O) groups is 1. The monoisotopic (exact) mass is 587 g/mol. The van der Waals surface area contributed by atoms with Gasteiger partial charge >= 0.3 is 0 Å². The number of aldehydes is 1. The van der Waals surface area contributed by atoms with E-state index in [4.69, 9.17) is 11.4 Å². The van der Waals surface area contributed by atoms with Crippen molar-refractivity contribution in [3.63, 3.8) is 0 Å². The van der Waals surface area contributed by atoms with Gasteiger partial charge in [-0.3, -0.25) is 14.7 Å². The van der Waals surface area contributed by atoms with Crippen molar-refractivity contribution in [2.24, 2.45) is 16.8 Å². The molecule has 4 aliphatic rings. The molecular formula is C37H50ClN3O. The van der Waals surface area contributed by atoms with Gasteiger partial charge in [0.2, 0.25) is 0 Å². The summed E-state index contributed by atoms with van der Waals surface area (Å²) in [5.74, 6) is 5.94. The number of para-hydroxylation sites is 1. The lowest BCUT2D eigenvalue weighted by Gasteiger charge is -2.35. The highest BCUT2D eigenvalue weighted by atomic mass is 35.5. The number of benzene rings is 2. The first kappa shape index (κ1) is 32.3. The van der Waals surface area contributed by atoms with E-state index in [0.717, 1.165) is 48.7 Å². The molecule has 2 aliphatic carbocycles. The van der Waals surface area contributed by atoms with Crippen LogP contribution in [0.25, 0.3) is 0 Å². The molecule has 2 aliphatic heterocycles. The van der Waals surface area contributed by atoms with Crippen LogP contribution in [0.1, 0.15) is 105 Å². The maximum absolute atomic E-state index is 12.1. The molecule has 0 N–H and O–H groups in total. The average Bonchev–Trinajstić information content (AvgIpc) is 3.63. The molecule has 0 aromatic heterocycles. The van der Waals surface area contributed by atoms with Gasteiger partial charge in [-0.2, -0.15) is 0 Å². The summed E-state index contributed by atoms with van der Waals surface area (Å²) in [6.07, 6.45) is 20.3. The highest BCUT2D eigenvalue weighted by molar-refractivity contribution is 6.17. The SMILES string of the molecule is C#CC1CCC(CN2CCC(c3ccc4c(c3)N(c3ccccc3C=O)C(=NC)C43CCCCC3)C2)CC1.CC.CCl. The number of fused-ring (bicyclic) bond motifs is 2. The van der Waals surface area contributed by atoms with Crippen LogP contribution in [0.15, 0.2) is 47.5 Å². The second kappa shape index (κ2) is 15.2. The Morgan fingerprint density at radius 2 is 1.71 bits per heavy atom. The van der Waals surface area contributed by atoms with Crippen molar-refractivity contribution in [2.75, 3.05) is 38.0 Å². The van der Waals surface area contributed by atoms with E-state index in [1.807, 2.05) is 39.1 Å². The maximum Gasteiger partial charge on any atom is 0.152 e. The molecule has 2 saturated carbocycles. The molecule has 2 aromatic rings. The summed E-state index contributed by atoms with van der Waals surface area (Å²) in [6.45, 7) is 7.53. The van der Waals surface area contributed by atoms with Crippen LogP contribution in [0.5, 0.6) is 0 Å². The van der Waals surface area contributed by atoms with Crippen molar-refractivity contribution in [1.29, 1.82) is 0 Å². The predicted molar refractivity (Wildman–Crippen MR) is 180 cm³/mol. The molecule has 2 heterocycles. The van der Waals surface area contributed by atoms with Crippen molar-refractivity contribution in [3.8, 4) is 12.3 Å². The van der Waals surface area contributed by atoms with Crippen LogP contribution in [0.2, 0.25) is 0 Å². The van der Waals surface area contributed by atoms with E-state index in [0.29, 0.717) is 11.8 Å². The highest BCUT2D eigenvalue weighted by Crippen LogP contribution is 2.54. The van der Waals surface area contributed by atoms with E-state index < -0.39 is 0 Å². The molecule has 0 amide bonds. The topological polar surface area (TPSA) is 35.9 Å². The molecule has 5 heteroatoms. The van der Waals surface area contributed by atoms with Crippen LogP contribution in [0, 0.1) is 24.2 Å². The molecular weight excluding hydrogens is 538 g/mol. The van der Waals surface area contributed by atoms with E-state index in [2.05, 4.69) is 51.6 Å². The number of alkyl halides is 1. The third-order valence-electron chi connectivity index (χ3n) is 9.98. The number of anilines is 2. The minimum absolute atomic E-state index is 0.0458. The third-order valence-corrected chi connectivity index (χ3v) is 9.98. The molecule has 226 valence electrons. The Labute approximate surface area is 259 Å². The van der Waals surface area contributed by atoms with E-state index in [1.165, 1.54) is 87.7 Å². The van der Waals surface area contributed by atoms with Crippen LogP contribution in [-0.2, 0) is 5.41 Å². The van der Waals surface area contributed by atoms with Gasteiger partial charge in [-0.05, 0) is 92.7 Å². The minimum Gasteiger partial charge on any atom is -0.302 e. The second-order valence-electron chi connectivity index (χ2n) is 12.1. The van der Waals surface area contributed by atoms with Gasteiger partial charge in [-0.1, -0.05) is 57.4 Å². The van der Waals surface area contributed by atoms with Crippen molar-refractivity contribution in [3.05, 3.63) is 59.2 Å². The number of halogens is 1. The number of amidine groups is 1. The summed E-state index contributed by atoms with van der Waals surface area (Å²) in [4.78, 5) is 22.0. The number of terminal acetylenes is 1. The smallest absolute Gasteiger partial charge is 0.152 e. The van der Waals surface area contributed by atoms with Gasteiger partial charge in [0, 0.05) is 38.0 Å². The molecule has 42 heavy (non-hydrogen) atoms. The Kier molecular flexibility index (Phi) is 11.7. The summed E-state index contributed by atoms with van der Waals surface area (Å²) in [5.41, 5.74) is 5.71. The number of hydrogen-bond donors (Lipinski definition) is 0. The fraction of sp³-hybridized carbons (Fsp3) is 0.568. The van der Waals surface area contributed by atoms with Crippen molar-refractivity contribution < 1.29 is 4.79 Å². The van der Waals surface area contributed by atoms with Gasteiger partial charge < -0.3 is 4.90 Å². The number of aliphatic imine (C=N–C) groups is 1. The number of hydrogen-bond acceptors (Lipinski definition) is 3. The van der Waals surface area contributed by atoms with E-state index in [-0.39, 0.29) is 5.41 Å². The Morgan fingerprint density at radius 1 is 1.00 bits per heavy atom. The Morgan fingerprint density at radius 3 is 2.38 bits per heavy atom. The first-order valence-electron chi connectivity index (χ1n) is 16.2. The molecule has 6 rings (SSSR count). The van der Waals surface area contributed by atoms with Gasteiger partial charge in [-0.15, -0.1) is 23.9 Å². The first-order valence-corrected chi connectivity index (χ1v) is 16.9. The van der Waals surface area contributed by atoms with E-state index in [1.54, 1.807) is 0 Å². The number of likely N-dealkylation sites (tertiary alicyclic amines) is 1. The Bertz CT molecular complexity index is 1250. The summed E-state index contributed by atoms with van der Waals surface area (Å²) < 4.78 is 0. The average molecular weight is 588 g/mol. The molecule has 3 fully saturated rings. The summed E-state index contributed by atoms with van der Waals surface area (Å²) in [5, 5.41) is 0. The van der Waals surface area contributed by atoms with Gasteiger partial charge in [0.05, 0.1) is 16.8 Å². The van der Waals surface area contributed by atoms with E-state index in [9.17, 15) is 4.79 Å². The second-order valence-corrected chi connectivity index (χ2v) is 12.1. The minimum atomic E-state index is -0.0458. The summed E-state index contributed by atoms with van der Waals surface area (Å²) in [7, 11) is 1.93. The molecule has 2 aromatic carbocycles. The lowest BCUT2D eigenvalue weighted by Crippen LogP contribution is -2.40. The van der Waals surface area contributed by atoms with Crippen LogP contribution < -0.4 is 4.90 Å². The zero-order valence-electron chi connectivity index (χ0n) is 26.2.